The average molecular weight is 512 g/mol. The number of ether oxygens (including phenoxy) is 2. The van der Waals surface area contributed by atoms with Gasteiger partial charge in [-0.25, -0.2) is 4.79 Å². The van der Waals surface area contributed by atoms with Crippen LogP contribution in [0.3, 0.4) is 0 Å². The number of benzene rings is 1. The van der Waals surface area contributed by atoms with Gasteiger partial charge in [-0.05, 0) is 51.2 Å². The molecule has 0 unspecified atom stereocenters. The van der Waals surface area contributed by atoms with E-state index in [1.807, 2.05) is 44.2 Å². The van der Waals surface area contributed by atoms with E-state index in [-0.39, 0.29) is 30.5 Å². The van der Waals surface area contributed by atoms with Crippen LogP contribution in [0.4, 0.5) is 4.79 Å². The van der Waals surface area contributed by atoms with Crippen LogP contribution in [-0.4, -0.2) is 95.9 Å². The minimum atomic E-state index is -1.77. The molecule has 2 fully saturated rings. The fourth-order valence-corrected chi connectivity index (χ4v) is 4.79. The molecule has 0 spiro atoms. The number of piperidine rings is 1. The van der Waals surface area contributed by atoms with E-state index in [0.29, 0.717) is 26.2 Å². The molecule has 10 nitrogen and oxygen atoms in total. The van der Waals surface area contributed by atoms with Crippen molar-refractivity contribution in [3.63, 3.8) is 0 Å². The van der Waals surface area contributed by atoms with Crippen LogP contribution in [0.2, 0.25) is 0 Å². The van der Waals surface area contributed by atoms with Crippen molar-refractivity contribution in [1.82, 2.24) is 15.1 Å². The molecule has 37 heavy (non-hydrogen) atoms. The zero-order valence-corrected chi connectivity index (χ0v) is 21.6. The second-order valence-corrected chi connectivity index (χ2v) is 10.0. The zero-order chi connectivity index (χ0) is 26.8. The molecular weight excluding hydrogens is 475 g/mol. The Morgan fingerprint density at radius 1 is 1.24 bits per heavy atom. The van der Waals surface area contributed by atoms with Crippen LogP contribution < -0.4 is 5.32 Å². The number of nitrogens with one attached hydrogen (secondary N) is 1. The minimum absolute atomic E-state index is 0.0529. The van der Waals surface area contributed by atoms with Crippen LogP contribution in [0.15, 0.2) is 42.0 Å². The molecule has 0 aromatic heterocycles. The largest absolute Gasteiger partial charge is 0.475 e. The highest BCUT2D eigenvalue weighted by atomic mass is 16.5. The summed E-state index contributed by atoms with van der Waals surface area (Å²) in [4.78, 5) is 29.7. The molecule has 1 aromatic rings. The summed E-state index contributed by atoms with van der Waals surface area (Å²) in [5.41, 5.74) is 0.408. The summed E-state index contributed by atoms with van der Waals surface area (Å²) >= 11 is 0. The Hall–Kier alpha value is -2.91. The maximum absolute atomic E-state index is 13.4. The summed E-state index contributed by atoms with van der Waals surface area (Å²) in [5.74, 6) is -1.32. The Kier molecular flexibility index (Phi) is 10.5. The summed E-state index contributed by atoms with van der Waals surface area (Å²) in [6, 6.07) is 10.9. The number of carbonyl (C=O) groups is 2. The van der Waals surface area contributed by atoms with Crippen LogP contribution in [0, 0.1) is 11.3 Å². The Labute approximate surface area is 219 Å². The Morgan fingerprint density at radius 2 is 1.95 bits per heavy atom. The van der Waals surface area contributed by atoms with Gasteiger partial charge >= 0.3 is 13.2 Å². The number of hydrogen-bond acceptors (Lipinski definition) is 8. The number of rotatable bonds is 9. The lowest BCUT2D eigenvalue weighted by Crippen LogP contribution is -2.51. The van der Waals surface area contributed by atoms with Crippen LogP contribution in [0.25, 0.3) is 0 Å². The number of hydrogen-bond donors (Lipinski definition) is 3. The summed E-state index contributed by atoms with van der Waals surface area (Å²) in [6.07, 6.45) is 3.46. The fraction of sp³-hybridized carbons (Fsp3) is 0.577. The number of amides is 2. The van der Waals surface area contributed by atoms with E-state index >= 15 is 0 Å². The Morgan fingerprint density at radius 3 is 2.59 bits per heavy atom. The first-order valence-electron chi connectivity index (χ1n) is 12.8. The number of nitrogens with zero attached hydrogens (tertiary/aromatic N) is 3. The highest BCUT2D eigenvalue weighted by Gasteiger charge is 2.33. The molecule has 200 valence electrons. The summed E-state index contributed by atoms with van der Waals surface area (Å²) in [6.45, 7) is 7.04. The van der Waals surface area contributed by atoms with E-state index in [2.05, 4.69) is 16.3 Å². The molecule has 2 aliphatic heterocycles. The molecule has 0 saturated carbocycles. The van der Waals surface area contributed by atoms with Gasteiger partial charge in [0.15, 0.2) is 0 Å². The smallest absolute Gasteiger partial charge is 0.447 e. The molecule has 2 atom stereocenters. The third-order valence-corrected chi connectivity index (χ3v) is 6.93. The second kappa shape index (κ2) is 13.6. The molecule has 2 aliphatic rings. The molecule has 0 radical (unpaired) electrons. The molecule has 0 aliphatic carbocycles. The van der Waals surface area contributed by atoms with E-state index in [4.69, 9.17) is 9.47 Å². The van der Waals surface area contributed by atoms with Gasteiger partial charge in [0.2, 0.25) is 0 Å². The fourth-order valence-electron chi connectivity index (χ4n) is 4.79. The number of nitriles is 1. The normalized spacial score (nSPS) is 20.0. The Balaban J connectivity index is 1.61. The molecule has 1 aromatic carbocycles. The number of likely N-dealkylation sites (tertiary alicyclic amines) is 1. The summed E-state index contributed by atoms with van der Waals surface area (Å²) in [5, 5.41) is 31.7. The van der Waals surface area contributed by atoms with E-state index in [9.17, 15) is 24.9 Å². The van der Waals surface area contributed by atoms with E-state index in [0.717, 1.165) is 31.5 Å². The Bertz CT molecular complexity index is 975. The maximum Gasteiger partial charge on any atom is 0.475 e. The first-order valence-corrected chi connectivity index (χ1v) is 12.8. The van der Waals surface area contributed by atoms with Gasteiger partial charge in [0.1, 0.15) is 18.2 Å². The predicted molar refractivity (Wildman–Crippen MR) is 138 cm³/mol. The first kappa shape index (κ1) is 28.7. The third kappa shape index (κ3) is 8.30. The number of carbonyl (C=O) groups excluding carboxylic acids is 2. The van der Waals surface area contributed by atoms with Crippen LogP contribution in [0.1, 0.15) is 38.7 Å². The van der Waals surface area contributed by atoms with Gasteiger partial charge in [-0.2, -0.15) is 5.26 Å². The van der Waals surface area contributed by atoms with Crippen molar-refractivity contribution in [1.29, 1.82) is 5.26 Å². The highest BCUT2D eigenvalue weighted by molar-refractivity contribution is 6.43. The van der Waals surface area contributed by atoms with Crippen molar-refractivity contribution < 1.29 is 29.1 Å². The van der Waals surface area contributed by atoms with Gasteiger partial charge < -0.3 is 29.7 Å². The quantitative estimate of drug-likeness (QED) is 0.256. The topological polar surface area (TPSA) is 135 Å². The van der Waals surface area contributed by atoms with Gasteiger partial charge in [0.05, 0.1) is 25.2 Å². The SMILES string of the molecule is CC(C)(/C=C(\C#N)C(=O)N1CCCC[C@@H]1COC(=O)N[C@@H](Cc1ccccc1)B(O)O)N1CCOCC1. The van der Waals surface area contributed by atoms with Crippen molar-refractivity contribution in [2.75, 3.05) is 39.5 Å². The van der Waals surface area contributed by atoms with E-state index < -0.39 is 24.7 Å². The van der Waals surface area contributed by atoms with Crippen molar-refractivity contribution in [2.24, 2.45) is 0 Å². The zero-order valence-electron chi connectivity index (χ0n) is 21.6. The van der Waals surface area contributed by atoms with Crippen molar-refractivity contribution in [3.8, 4) is 6.07 Å². The molecule has 2 saturated heterocycles. The third-order valence-electron chi connectivity index (χ3n) is 6.93. The number of morpholine rings is 1. The molecule has 11 heteroatoms. The van der Waals surface area contributed by atoms with Crippen LogP contribution in [0.5, 0.6) is 0 Å². The lowest BCUT2D eigenvalue weighted by molar-refractivity contribution is -0.131. The van der Waals surface area contributed by atoms with E-state index in [1.54, 1.807) is 11.0 Å². The van der Waals surface area contributed by atoms with Crippen molar-refractivity contribution in [3.05, 3.63) is 47.5 Å². The molecule has 3 N–H and O–H groups in total. The van der Waals surface area contributed by atoms with Crippen LogP contribution in [-0.2, 0) is 20.7 Å². The standard InChI is InChI=1S/C26H37BN4O6/c1-26(2,30-12-14-36-15-13-30)17-21(18-28)24(32)31-11-7-6-10-22(31)19-37-25(33)29-23(27(34)35)16-20-8-4-3-5-9-20/h3-5,8-9,17,22-23,34-35H,6-7,10-16,19H2,1-2H3,(H,29,33)/b21-17+/t22-,23+/m1/s1. The van der Waals surface area contributed by atoms with E-state index in [1.165, 1.54) is 0 Å². The monoisotopic (exact) mass is 512 g/mol. The summed E-state index contributed by atoms with van der Waals surface area (Å²) < 4.78 is 10.8. The molecule has 3 rings (SSSR count). The minimum Gasteiger partial charge on any atom is -0.447 e. The van der Waals surface area contributed by atoms with Gasteiger partial charge in [0, 0.05) is 25.2 Å². The van der Waals surface area contributed by atoms with Crippen molar-refractivity contribution >= 4 is 19.1 Å². The lowest BCUT2D eigenvalue weighted by Gasteiger charge is -2.39. The highest BCUT2D eigenvalue weighted by Crippen LogP contribution is 2.23. The van der Waals surface area contributed by atoms with Crippen LogP contribution >= 0.6 is 0 Å². The second-order valence-electron chi connectivity index (χ2n) is 10.0. The molecule has 0 bridgehead atoms. The molecular formula is C26H37BN4O6. The van der Waals surface area contributed by atoms with Gasteiger partial charge in [-0.15, -0.1) is 0 Å². The van der Waals surface area contributed by atoms with Gasteiger partial charge in [0.25, 0.3) is 5.91 Å². The average Bonchev–Trinajstić information content (AvgIpc) is 2.91. The lowest BCUT2D eigenvalue weighted by atomic mass is 9.76. The maximum atomic E-state index is 13.4. The summed E-state index contributed by atoms with van der Waals surface area (Å²) in [7, 11) is -1.77. The first-order chi connectivity index (χ1) is 17.7. The number of alkyl carbamates (subject to hydrolysis) is 1. The molecule has 2 amide bonds. The van der Waals surface area contributed by atoms with Gasteiger partial charge in [-0.3, -0.25) is 9.69 Å². The van der Waals surface area contributed by atoms with Crippen molar-refractivity contribution in [2.45, 2.75) is 57.1 Å². The predicted octanol–water partition coefficient (Wildman–Crippen LogP) is 1.28. The molecule has 2 heterocycles. The van der Waals surface area contributed by atoms with Gasteiger partial charge in [-0.1, -0.05) is 30.3 Å².